The summed E-state index contributed by atoms with van der Waals surface area (Å²) in [7, 11) is 1.61. The zero-order valence-electron chi connectivity index (χ0n) is 17.7. The van der Waals surface area contributed by atoms with Crippen molar-refractivity contribution < 1.29 is 14.3 Å². The summed E-state index contributed by atoms with van der Waals surface area (Å²) in [4.78, 5) is 27.0. The Kier molecular flexibility index (Phi) is 9.22. The third-order valence-electron chi connectivity index (χ3n) is 4.94. The Morgan fingerprint density at radius 3 is 2.38 bits per heavy atom. The van der Waals surface area contributed by atoms with E-state index in [0.717, 1.165) is 17.7 Å². The minimum atomic E-state index is -0.450. The summed E-state index contributed by atoms with van der Waals surface area (Å²) in [6.07, 6.45) is 2.27. The van der Waals surface area contributed by atoms with E-state index in [0.29, 0.717) is 32.4 Å². The van der Waals surface area contributed by atoms with Crippen molar-refractivity contribution in [3.8, 4) is 5.75 Å². The molecule has 0 aromatic heterocycles. The fraction of sp³-hybridized carbons (Fsp3) is 0.417. The molecule has 2 amide bonds. The van der Waals surface area contributed by atoms with Gasteiger partial charge in [0.15, 0.2) is 0 Å². The van der Waals surface area contributed by atoms with Crippen molar-refractivity contribution in [2.45, 2.75) is 45.6 Å². The molecule has 29 heavy (non-hydrogen) atoms. The number of carbonyl (C=O) groups excluding carboxylic acids is 2. The first kappa shape index (κ1) is 22.5. The van der Waals surface area contributed by atoms with Gasteiger partial charge in [0.25, 0.3) is 0 Å². The van der Waals surface area contributed by atoms with Crippen LogP contribution in [0.5, 0.6) is 5.75 Å². The summed E-state index contributed by atoms with van der Waals surface area (Å²) in [5, 5.41) is 2.69. The van der Waals surface area contributed by atoms with Crippen LogP contribution in [0.1, 0.15) is 37.3 Å². The number of ether oxygens (including phenoxy) is 1. The van der Waals surface area contributed by atoms with Crippen LogP contribution in [0.3, 0.4) is 0 Å². The molecular weight excluding hydrogens is 364 g/mol. The van der Waals surface area contributed by atoms with Crippen molar-refractivity contribution in [2.24, 2.45) is 0 Å². The van der Waals surface area contributed by atoms with E-state index < -0.39 is 6.04 Å². The summed E-state index contributed by atoms with van der Waals surface area (Å²) in [6, 6.07) is 17.4. The van der Waals surface area contributed by atoms with Gasteiger partial charge in [0.05, 0.1) is 6.61 Å². The fourth-order valence-electron chi connectivity index (χ4n) is 3.25. The third-order valence-corrected chi connectivity index (χ3v) is 4.94. The highest BCUT2D eigenvalue weighted by Crippen LogP contribution is 2.14. The molecule has 5 nitrogen and oxygen atoms in total. The Balaban J connectivity index is 1.93. The number of amides is 2. The second kappa shape index (κ2) is 11.9. The molecule has 156 valence electrons. The molecule has 2 aromatic rings. The number of hydrogen-bond acceptors (Lipinski definition) is 3. The van der Waals surface area contributed by atoms with E-state index in [2.05, 4.69) is 5.32 Å². The Labute approximate surface area is 174 Å². The highest BCUT2D eigenvalue weighted by molar-refractivity contribution is 5.87. The molecule has 2 aromatic carbocycles. The molecule has 0 heterocycles. The van der Waals surface area contributed by atoms with Crippen molar-refractivity contribution in [3.05, 3.63) is 65.7 Å². The van der Waals surface area contributed by atoms with Crippen LogP contribution < -0.4 is 10.1 Å². The topological polar surface area (TPSA) is 58.6 Å². The van der Waals surface area contributed by atoms with E-state index in [-0.39, 0.29) is 11.8 Å². The SMILES string of the molecule is CC[C@@H](C(=O)NC)N(CCc1ccccc1)C(=O)CCCOc1ccc(C)cc1. The minimum absolute atomic E-state index is 0.0103. The average Bonchev–Trinajstić information content (AvgIpc) is 2.75. The molecular formula is C24H32N2O3. The highest BCUT2D eigenvalue weighted by atomic mass is 16.5. The maximum atomic E-state index is 12.9. The molecule has 0 aliphatic heterocycles. The van der Waals surface area contributed by atoms with Crippen LogP contribution in [0.15, 0.2) is 54.6 Å². The largest absolute Gasteiger partial charge is 0.494 e. The van der Waals surface area contributed by atoms with Gasteiger partial charge in [0, 0.05) is 20.0 Å². The van der Waals surface area contributed by atoms with Crippen LogP contribution in [0.4, 0.5) is 0 Å². The molecule has 1 atom stereocenters. The van der Waals surface area contributed by atoms with Gasteiger partial charge in [-0.2, -0.15) is 0 Å². The fourth-order valence-corrected chi connectivity index (χ4v) is 3.25. The standard InChI is InChI=1S/C24H32N2O3/c1-4-22(24(28)25-3)26(17-16-20-9-6-5-7-10-20)23(27)11-8-18-29-21-14-12-19(2)13-15-21/h5-7,9-10,12-15,22H,4,8,11,16-18H2,1-3H3,(H,25,28)/t22-/m0/s1. The van der Waals surface area contributed by atoms with Gasteiger partial charge in [0.2, 0.25) is 11.8 Å². The number of rotatable bonds is 11. The first-order chi connectivity index (χ1) is 14.0. The van der Waals surface area contributed by atoms with Crippen molar-refractivity contribution in [2.75, 3.05) is 20.2 Å². The number of nitrogens with zero attached hydrogens (tertiary/aromatic N) is 1. The molecule has 0 radical (unpaired) electrons. The van der Waals surface area contributed by atoms with E-state index in [1.165, 1.54) is 5.56 Å². The first-order valence-corrected chi connectivity index (χ1v) is 10.3. The normalized spacial score (nSPS) is 11.6. The number of aryl methyl sites for hydroxylation is 1. The number of hydrogen-bond donors (Lipinski definition) is 1. The van der Waals surface area contributed by atoms with E-state index in [1.54, 1.807) is 11.9 Å². The van der Waals surface area contributed by atoms with Gasteiger partial charge in [-0.1, -0.05) is 55.0 Å². The maximum Gasteiger partial charge on any atom is 0.242 e. The summed E-state index contributed by atoms with van der Waals surface area (Å²) < 4.78 is 5.73. The van der Waals surface area contributed by atoms with Gasteiger partial charge < -0.3 is 15.0 Å². The Bertz CT molecular complexity index is 759. The second-order valence-electron chi connectivity index (χ2n) is 7.13. The van der Waals surface area contributed by atoms with Gasteiger partial charge in [-0.05, 0) is 43.9 Å². The third kappa shape index (κ3) is 7.26. The van der Waals surface area contributed by atoms with Crippen LogP contribution in [-0.2, 0) is 16.0 Å². The highest BCUT2D eigenvalue weighted by Gasteiger charge is 2.27. The molecule has 5 heteroatoms. The van der Waals surface area contributed by atoms with Crippen LogP contribution in [0.25, 0.3) is 0 Å². The van der Waals surface area contributed by atoms with E-state index in [4.69, 9.17) is 4.74 Å². The number of carbonyl (C=O) groups is 2. The van der Waals surface area contributed by atoms with Crippen molar-refractivity contribution in [3.63, 3.8) is 0 Å². The predicted molar refractivity (Wildman–Crippen MR) is 116 cm³/mol. The molecule has 2 rings (SSSR count). The Hall–Kier alpha value is -2.82. The lowest BCUT2D eigenvalue weighted by Crippen LogP contribution is -2.49. The van der Waals surface area contributed by atoms with E-state index in [9.17, 15) is 9.59 Å². The summed E-state index contributed by atoms with van der Waals surface area (Å²) in [6.45, 7) is 4.96. The zero-order valence-corrected chi connectivity index (χ0v) is 17.7. The molecule has 0 spiro atoms. The lowest BCUT2D eigenvalue weighted by atomic mass is 10.1. The molecule has 0 aliphatic rings. The summed E-state index contributed by atoms with van der Waals surface area (Å²) in [5.74, 6) is 0.675. The monoisotopic (exact) mass is 396 g/mol. The van der Waals surface area contributed by atoms with E-state index in [1.807, 2.05) is 68.4 Å². The average molecular weight is 397 g/mol. The summed E-state index contributed by atoms with van der Waals surface area (Å²) in [5.41, 5.74) is 2.33. The molecule has 0 bridgehead atoms. The molecule has 0 fully saturated rings. The first-order valence-electron chi connectivity index (χ1n) is 10.3. The van der Waals surface area contributed by atoms with Crippen LogP contribution in [0.2, 0.25) is 0 Å². The van der Waals surface area contributed by atoms with Gasteiger partial charge >= 0.3 is 0 Å². The molecule has 0 saturated heterocycles. The Morgan fingerprint density at radius 1 is 1.07 bits per heavy atom. The van der Waals surface area contributed by atoms with Crippen molar-refractivity contribution in [1.29, 1.82) is 0 Å². The van der Waals surface area contributed by atoms with Crippen molar-refractivity contribution >= 4 is 11.8 Å². The van der Waals surface area contributed by atoms with Crippen LogP contribution in [-0.4, -0.2) is 43.0 Å². The van der Waals surface area contributed by atoms with Gasteiger partial charge in [-0.25, -0.2) is 0 Å². The van der Waals surface area contributed by atoms with Gasteiger partial charge in [0.1, 0.15) is 11.8 Å². The zero-order chi connectivity index (χ0) is 21.1. The Morgan fingerprint density at radius 2 is 1.76 bits per heavy atom. The van der Waals surface area contributed by atoms with E-state index >= 15 is 0 Å². The van der Waals surface area contributed by atoms with Crippen LogP contribution in [0, 0.1) is 6.92 Å². The second-order valence-corrected chi connectivity index (χ2v) is 7.13. The maximum absolute atomic E-state index is 12.9. The number of nitrogens with one attached hydrogen (secondary N) is 1. The number of likely N-dealkylation sites (N-methyl/N-ethyl adjacent to an activating group) is 1. The lowest BCUT2D eigenvalue weighted by Gasteiger charge is -2.30. The lowest BCUT2D eigenvalue weighted by molar-refractivity contribution is -0.140. The van der Waals surface area contributed by atoms with Gasteiger partial charge in [-0.3, -0.25) is 9.59 Å². The summed E-state index contributed by atoms with van der Waals surface area (Å²) >= 11 is 0. The molecule has 0 aliphatic carbocycles. The smallest absolute Gasteiger partial charge is 0.242 e. The predicted octanol–water partition coefficient (Wildman–Crippen LogP) is 3.75. The quantitative estimate of drug-likeness (QED) is 0.589. The molecule has 0 saturated carbocycles. The van der Waals surface area contributed by atoms with Crippen molar-refractivity contribution in [1.82, 2.24) is 10.2 Å². The van der Waals surface area contributed by atoms with Gasteiger partial charge in [-0.15, -0.1) is 0 Å². The molecule has 0 unspecified atom stereocenters. The van der Waals surface area contributed by atoms with Crippen LogP contribution >= 0.6 is 0 Å². The number of benzene rings is 2. The minimum Gasteiger partial charge on any atom is -0.494 e. The molecule has 1 N–H and O–H groups in total.